The number of fused-ring (bicyclic) bond motifs is 1. The molecule has 0 aliphatic rings. The van der Waals surface area contributed by atoms with Crippen LogP contribution in [-0.4, -0.2) is 38.2 Å². The molecule has 0 unspecified atom stereocenters. The van der Waals surface area contributed by atoms with E-state index in [1.54, 1.807) is 42.1 Å². The smallest absolute Gasteiger partial charge is 0.261 e. The molecule has 10 nitrogen and oxygen atoms in total. The number of H-pyrrole nitrogens is 1. The Balaban J connectivity index is 1.41. The minimum absolute atomic E-state index is 0.263. The van der Waals surface area contributed by atoms with Crippen LogP contribution in [-0.2, 0) is 0 Å². The number of aromatic nitrogens is 5. The number of anilines is 3. The van der Waals surface area contributed by atoms with Crippen molar-refractivity contribution in [2.75, 3.05) is 17.7 Å². The molecule has 2 aromatic carbocycles. The van der Waals surface area contributed by atoms with Crippen molar-refractivity contribution in [2.24, 2.45) is 0 Å². The summed E-state index contributed by atoms with van der Waals surface area (Å²) in [6.45, 7) is 3.71. The molecular formula is C23H20ClN7O3. The Bertz CT molecular complexity index is 1520. The molecule has 0 aliphatic carbocycles. The van der Waals surface area contributed by atoms with Gasteiger partial charge in [-0.05, 0) is 38.1 Å². The predicted molar refractivity (Wildman–Crippen MR) is 128 cm³/mol. The molecule has 0 fully saturated rings. The molecule has 0 saturated carbocycles. The summed E-state index contributed by atoms with van der Waals surface area (Å²) < 4.78 is 12.2. The molecule has 5 aromatic rings. The molecular weight excluding hydrogens is 458 g/mol. The number of hydrogen-bond donors (Lipinski definition) is 3. The first-order valence-corrected chi connectivity index (χ1v) is 10.7. The molecule has 0 spiro atoms. The molecule has 34 heavy (non-hydrogen) atoms. The molecule has 0 aliphatic heterocycles. The molecule has 0 bridgehead atoms. The number of rotatable bonds is 6. The van der Waals surface area contributed by atoms with E-state index in [0.717, 1.165) is 27.8 Å². The maximum absolute atomic E-state index is 12.7. The van der Waals surface area contributed by atoms with Crippen LogP contribution in [0.5, 0.6) is 5.75 Å². The van der Waals surface area contributed by atoms with Gasteiger partial charge < -0.3 is 14.6 Å². The Labute approximate surface area is 198 Å². The molecule has 3 N–H and O–H groups in total. The van der Waals surface area contributed by atoms with Crippen molar-refractivity contribution in [3.05, 3.63) is 70.6 Å². The van der Waals surface area contributed by atoms with Crippen LogP contribution in [0.2, 0.25) is 5.02 Å². The van der Waals surface area contributed by atoms with Gasteiger partial charge >= 0.3 is 0 Å². The van der Waals surface area contributed by atoms with E-state index >= 15 is 0 Å². The standard InChI is InChI=1S/C23H20ClN7O3/c1-12-11-31(29-22(12)26-18-7-6-17-16(21(18)24)10-25-28-17)14-4-5-15(19(9-14)33-3)23(32)27-20-8-13(2)30-34-20/h4-11H,1-3H3,(H,25,28)(H,26,29)(H,27,32). The third-order valence-corrected chi connectivity index (χ3v) is 5.67. The van der Waals surface area contributed by atoms with Gasteiger partial charge in [-0.25, -0.2) is 4.68 Å². The summed E-state index contributed by atoms with van der Waals surface area (Å²) in [6.07, 6.45) is 3.56. The number of nitrogens with zero attached hydrogens (tertiary/aromatic N) is 4. The summed E-state index contributed by atoms with van der Waals surface area (Å²) >= 11 is 6.53. The molecule has 11 heteroatoms. The molecule has 3 aromatic heterocycles. The average Bonchev–Trinajstić information content (AvgIpc) is 3.56. The lowest BCUT2D eigenvalue weighted by atomic mass is 10.1. The van der Waals surface area contributed by atoms with E-state index < -0.39 is 0 Å². The number of amides is 1. The molecule has 3 heterocycles. The van der Waals surface area contributed by atoms with Gasteiger partial charge in [0.25, 0.3) is 5.91 Å². The summed E-state index contributed by atoms with van der Waals surface area (Å²) in [4.78, 5) is 12.7. The van der Waals surface area contributed by atoms with Gasteiger partial charge in [0.2, 0.25) is 5.88 Å². The molecule has 1 amide bonds. The number of aromatic amines is 1. The van der Waals surface area contributed by atoms with Crippen molar-refractivity contribution in [1.29, 1.82) is 0 Å². The number of halogens is 1. The Morgan fingerprint density at radius 1 is 1.21 bits per heavy atom. The van der Waals surface area contributed by atoms with Crippen molar-refractivity contribution < 1.29 is 14.1 Å². The van der Waals surface area contributed by atoms with Crippen molar-refractivity contribution in [3.8, 4) is 11.4 Å². The summed E-state index contributed by atoms with van der Waals surface area (Å²) in [5, 5.41) is 22.7. The Hall–Kier alpha value is -4.31. The second-order valence-electron chi connectivity index (χ2n) is 7.66. The maximum atomic E-state index is 12.7. The van der Waals surface area contributed by atoms with E-state index in [0.29, 0.717) is 27.8 Å². The fourth-order valence-electron chi connectivity index (χ4n) is 3.53. The molecule has 0 radical (unpaired) electrons. The zero-order valence-corrected chi connectivity index (χ0v) is 19.3. The lowest BCUT2D eigenvalue weighted by Gasteiger charge is -2.10. The fraction of sp³-hybridized carbons (Fsp3) is 0.130. The third kappa shape index (κ3) is 3.95. The molecule has 0 atom stereocenters. The number of benzene rings is 2. The average molecular weight is 478 g/mol. The van der Waals surface area contributed by atoms with Gasteiger partial charge in [0, 0.05) is 29.3 Å². The highest BCUT2D eigenvalue weighted by Crippen LogP contribution is 2.33. The van der Waals surface area contributed by atoms with Gasteiger partial charge in [-0.3, -0.25) is 15.2 Å². The normalized spacial score (nSPS) is 11.1. The maximum Gasteiger partial charge on any atom is 0.261 e. The first kappa shape index (κ1) is 21.5. The molecule has 0 saturated heterocycles. The van der Waals surface area contributed by atoms with Gasteiger partial charge in [-0.15, -0.1) is 5.10 Å². The van der Waals surface area contributed by atoms with Gasteiger partial charge in [0.05, 0.1) is 46.5 Å². The van der Waals surface area contributed by atoms with E-state index in [1.165, 1.54) is 7.11 Å². The van der Waals surface area contributed by atoms with Gasteiger partial charge in [-0.2, -0.15) is 5.10 Å². The van der Waals surface area contributed by atoms with E-state index in [4.69, 9.17) is 20.9 Å². The lowest BCUT2D eigenvalue weighted by molar-refractivity contribution is 0.102. The Morgan fingerprint density at radius 3 is 2.82 bits per heavy atom. The van der Waals surface area contributed by atoms with E-state index in [1.807, 2.05) is 25.3 Å². The number of carbonyl (C=O) groups is 1. The van der Waals surface area contributed by atoms with Crippen LogP contribution in [0.15, 0.2) is 53.3 Å². The minimum Gasteiger partial charge on any atom is -0.496 e. The first-order chi connectivity index (χ1) is 16.4. The van der Waals surface area contributed by atoms with Crippen LogP contribution >= 0.6 is 11.6 Å². The quantitative estimate of drug-likeness (QED) is 0.314. The van der Waals surface area contributed by atoms with E-state index in [-0.39, 0.29) is 11.8 Å². The number of aryl methyl sites for hydroxylation is 2. The summed E-state index contributed by atoms with van der Waals surface area (Å²) in [5.74, 6) is 0.927. The second-order valence-corrected chi connectivity index (χ2v) is 8.04. The zero-order chi connectivity index (χ0) is 23.8. The van der Waals surface area contributed by atoms with Crippen LogP contribution in [0.3, 0.4) is 0 Å². The monoisotopic (exact) mass is 477 g/mol. The van der Waals surface area contributed by atoms with Gasteiger partial charge in [0.15, 0.2) is 5.82 Å². The summed E-state index contributed by atoms with van der Waals surface area (Å²) in [5.41, 5.74) is 4.22. The highest BCUT2D eigenvalue weighted by atomic mass is 35.5. The van der Waals surface area contributed by atoms with Crippen molar-refractivity contribution in [2.45, 2.75) is 13.8 Å². The number of hydrogen-bond acceptors (Lipinski definition) is 7. The topological polar surface area (TPSA) is 123 Å². The van der Waals surface area contributed by atoms with Crippen LogP contribution in [0.25, 0.3) is 16.6 Å². The fourth-order valence-corrected chi connectivity index (χ4v) is 3.80. The van der Waals surface area contributed by atoms with Crippen LogP contribution < -0.4 is 15.4 Å². The number of methoxy groups -OCH3 is 1. The third-order valence-electron chi connectivity index (χ3n) is 5.27. The largest absolute Gasteiger partial charge is 0.496 e. The van der Waals surface area contributed by atoms with Gasteiger partial charge in [0.1, 0.15) is 5.75 Å². The number of carbonyl (C=O) groups excluding carboxylic acids is 1. The van der Waals surface area contributed by atoms with E-state index in [2.05, 4.69) is 31.1 Å². The highest BCUT2D eigenvalue weighted by Gasteiger charge is 2.17. The predicted octanol–water partition coefficient (Wildman–Crippen LogP) is 5.01. The number of ether oxygens (including phenoxy) is 1. The Kier molecular flexibility index (Phi) is 5.42. The first-order valence-electron chi connectivity index (χ1n) is 10.3. The minimum atomic E-state index is -0.372. The van der Waals surface area contributed by atoms with Crippen LogP contribution in [0, 0.1) is 13.8 Å². The Morgan fingerprint density at radius 2 is 2.06 bits per heavy atom. The van der Waals surface area contributed by atoms with Gasteiger partial charge in [-0.1, -0.05) is 16.8 Å². The van der Waals surface area contributed by atoms with Crippen molar-refractivity contribution in [3.63, 3.8) is 0 Å². The van der Waals surface area contributed by atoms with Crippen LogP contribution in [0.1, 0.15) is 21.6 Å². The number of nitrogens with one attached hydrogen (secondary N) is 3. The van der Waals surface area contributed by atoms with Crippen molar-refractivity contribution in [1.82, 2.24) is 25.1 Å². The zero-order valence-electron chi connectivity index (χ0n) is 18.5. The van der Waals surface area contributed by atoms with E-state index in [9.17, 15) is 4.79 Å². The summed E-state index contributed by atoms with van der Waals surface area (Å²) in [6, 6.07) is 10.6. The SMILES string of the molecule is COc1cc(-n2cc(C)c(Nc3ccc4[nH]ncc4c3Cl)n2)ccc1C(=O)Nc1cc(C)no1. The molecule has 172 valence electrons. The molecule has 5 rings (SSSR count). The van der Waals surface area contributed by atoms with Crippen molar-refractivity contribution >= 4 is 45.8 Å². The lowest BCUT2D eigenvalue weighted by Crippen LogP contribution is -2.13. The van der Waals surface area contributed by atoms with Crippen LogP contribution in [0.4, 0.5) is 17.4 Å². The summed E-state index contributed by atoms with van der Waals surface area (Å²) in [7, 11) is 1.50. The highest BCUT2D eigenvalue weighted by molar-refractivity contribution is 6.38. The second kappa shape index (κ2) is 8.56.